The first kappa shape index (κ1) is 14.1. The predicted octanol–water partition coefficient (Wildman–Crippen LogP) is 2.30. The number of methoxy groups -OCH3 is 1. The molecule has 0 aliphatic heterocycles. The average Bonchev–Trinajstić information content (AvgIpc) is 3.54. The van der Waals surface area contributed by atoms with Crippen molar-refractivity contribution in [2.24, 2.45) is 5.92 Å². The molecule has 3 N–H and O–H groups in total. The summed E-state index contributed by atoms with van der Waals surface area (Å²) in [6.45, 7) is -1.26. The normalized spacial score (nSPS) is 16.5. The third-order valence-electron chi connectivity index (χ3n) is 4.48. The van der Waals surface area contributed by atoms with Gasteiger partial charge in [0.15, 0.2) is 17.3 Å². The maximum absolute atomic E-state index is 12.7. The van der Waals surface area contributed by atoms with Gasteiger partial charge in [0.2, 0.25) is 17.6 Å². The van der Waals surface area contributed by atoms with Crippen LogP contribution in [-0.2, 0) is 4.79 Å². The highest BCUT2D eigenvalue weighted by molar-refractivity contribution is 6.00. The number of rotatable bonds is 7. The maximum Gasteiger partial charge on any atom is 0.273 e. The van der Waals surface area contributed by atoms with Gasteiger partial charge in [0.25, 0.3) is 5.91 Å². The summed E-state index contributed by atoms with van der Waals surface area (Å²) in [5.74, 6) is -1.44. The number of amides is 2. The van der Waals surface area contributed by atoms with E-state index >= 15 is 0 Å². The van der Waals surface area contributed by atoms with Gasteiger partial charge >= 0.3 is 0 Å². The number of ether oxygens (including phenoxy) is 1. The van der Waals surface area contributed by atoms with Gasteiger partial charge in [-0.15, -0.1) is 10.2 Å². The van der Waals surface area contributed by atoms with Crippen molar-refractivity contribution in [2.45, 2.75) is 19.8 Å². The first-order valence-corrected chi connectivity index (χ1v) is 9.20. The van der Waals surface area contributed by atoms with Gasteiger partial charge in [-0.05, 0) is 25.0 Å². The van der Waals surface area contributed by atoms with Crippen LogP contribution in [0.2, 0.25) is 0 Å². The molecule has 0 spiro atoms. The van der Waals surface area contributed by atoms with Gasteiger partial charge in [0.1, 0.15) is 0 Å². The lowest BCUT2D eigenvalue weighted by Gasteiger charge is -2.16. The first-order valence-electron chi connectivity index (χ1n) is 12.2. The Kier molecular flexibility index (Phi) is 3.80. The van der Waals surface area contributed by atoms with E-state index in [1.54, 1.807) is 13.0 Å². The molecule has 11 nitrogen and oxygen atoms in total. The van der Waals surface area contributed by atoms with Gasteiger partial charge in [-0.2, -0.15) is 4.98 Å². The van der Waals surface area contributed by atoms with Gasteiger partial charge in [-0.1, -0.05) is 11.2 Å². The molecule has 0 radical (unpaired) electrons. The number of aryl methyl sites for hydroxylation is 1. The van der Waals surface area contributed by atoms with Gasteiger partial charge in [0.05, 0.1) is 28.1 Å². The second-order valence-electron chi connectivity index (χ2n) is 6.76. The first-order chi connectivity index (χ1) is 17.3. The van der Waals surface area contributed by atoms with E-state index in [1.807, 2.05) is 5.32 Å². The highest BCUT2D eigenvalue weighted by Crippen LogP contribution is 2.37. The van der Waals surface area contributed by atoms with Crippen LogP contribution >= 0.6 is 0 Å². The van der Waals surface area contributed by atoms with Crippen molar-refractivity contribution in [1.82, 2.24) is 25.7 Å². The summed E-state index contributed by atoms with van der Waals surface area (Å²) in [5, 5.41) is 18.7. The molecular formula is C20H21N7O4. The van der Waals surface area contributed by atoms with E-state index in [0.717, 1.165) is 12.8 Å². The van der Waals surface area contributed by atoms with Crippen LogP contribution in [-0.4, -0.2) is 46.2 Å². The summed E-state index contributed by atoms with van der Waals surface area (Å²) in [7, 11) is -2.88. The highest BCUT2D eigenvalue weighted by Gasteiger charge is 2.30. The number of hydrogen-bond acceptors (Lipinski definition) is 9. The summed E-state index contributed by atoms with van der Waals surface area (Å²) in [6, 6.07) is 5.77. The molecule has 1 aliphatic rings. The lowest BCUT2D eigenvalue weighted by Crippen LogP contribution is -2.22. The third kappa shape index (κ3) is 4.29. The molecule has 160 valence electrons. The minimum absolute atomic E-state index is 0.00642. The molecule has 3 aromatic rings. The molecule has 2 aromatic heterocycles. The van der Waals surface area contributed by atoms with Crippen LogP contribution < -0.4 is 20.7 Å². The van der Waals surface area contributed by atoms with Crippen molar-refractivity contribution in [3.8, 4) is 17.1 Å². The second-order valence-corrected chi connectivity index (χ2v) is 6.76. The topological polar surface area (TPSA) is 144 Å². The van der Waals surface area contributed by atoms with Gasteiger partial charge in [-0.25, -0.2) is 0 Å². The predicted molar refractivity (Wildman–Crippen MR) is 111 cm³/mol. The molecule has 1 fully saturated rings. The Morgan fingerprint density at radius 3 is 2.84 bits per heavy atom. The molecule has 31 heavy (non-hydrogen) atoms. The van der Waals surface area contributed by atoms with Crippen LogP contribution in [0.3, 0.4) is 0 Å². The number of benzene rings is 1. The fraction of sp³-hybridized carbons (Fsp3) is 0.300. The average molecular weight is 429 g/mol. The van der Waals surface area contributed by atoms with E-state index in [1.165, 1.54) is 18.2 Å². The number of para-hydroxylation sites is 1. The standard InChI is InChI=1S/C20H21N7O4/c1-10-22-18(27-31-10)12-5-4-6-13(17(12)30-3)23-14-9-15(24-19(28)11-7-8-11)25-26-16(14)20(29)21-2/h4-6,9,11H,7-8H2,1-3H3,(H,21,29)(H2,23,24,25,28)/i2D3,3D3. The Labute approximate surface area is 186 Å². The van der Waals surface area contributed by atoms with Crippen LogP contribution in [0.25, 0.3) is 11.4 Å². The van der Waals surface area contributed by atoms with Gasteiger partial charge < -0.3 is 25.2 Å². The molecule has 2 heterocycles. The second kappa shape index (κ2) is 8.38. The molecule has 1 saturated carbocycles. The summed E-state index contributed by atoms with van der Waals surface area (Å²) in [4.78, 5) is 29.0. The monoisotopic (exact) mass is 429 g/mol. The molecule has 1 aromatic carbocycles. The van der Waals surface area contributed by atoms with E-state index < -0.39 is 25.6 Å². The minimum atomic E-state index is -2.88. The zero-order valence-electron chi connectivity index (χ0n) is 22.2. The highest BCUT2D eigenvalue weighted by atomic mass is 16.5. The summed E-state index contributed by atoms with van der Waals surface area (Å²) >= 11 is 0. The Morgan fingerprint density at radius 2 is 2.13 bits per heavy atom. The number of carbonyl (C=O) groups is 2. The van der Waals surface area contributed by atoms with E-state index in [4.69, 9.17) is 17.5 Å². The quantitative estimate of drug-likeness (QED) is 0.515. The van der Waals surface area contributed by atoms with Crippen LogP contribution in [0.5, 0.6) is 5.75 Å². The Morgan fingerprint density at radius 1 is 1.26 bits per heavy atom. The van der Waals surface area contributed by atoms with Crippen LogP contribution in [0.15, 0.2) is 28.8 Å². The molecular weight excluding hydrogens is 402 g/mol. The van der Waals surface area contributed by atoms with Crippen molar-refractivity contribution in [3.05, 3.63) is 35.9 Å². The maximum atomic E-state index is 12.7. The van der Waals surface area contributed by atoms with Gasteiger partial charge in [-0.3, -0.25) is 9.59 Å². The zero-order valence-corrected chi connectivity index (χ0v) is 16.2. The van der Waals surface area contributed by atoms with Crippen molar-refractivity contribution in [3.63, 3.8) is 0 Å². The Balaban J connectivity index is 1.78. The number of nitrogens with one attached hydrogen (secondary N) is 3. The molecule has 0 unspecified atom stereocenters. The summed E-state index contributed by atoms with van der Waals surface area (Å²) in [6.07, 6.45) is 1.48. The number of hydrogen-bond donors (Lipinski definition) is 3. The van der Waals surface area contributed by atoms with Crippen molar-refractivity contribution >= 4 is 29.0 Å². The molecule has 0 atom stereocenters. The molecule has 11 heteroatoms. The fourth-order valence-corrected chi connectivity index (χ4v) is 2.82. The molecule has 0 bridgehead atoms. The van der Waals surface area contributed by atoms with Crippen molar-refractivity contribution in [2.75, 3.05) is 24.6 Å². The number of carbonyl (C=O) groups excluding carboxylic acids is 2. The number of aromatic nitrogens is 4. The van der Waals surface area contributed by atoms with E-state index in [0.29, 0.717) is 0 Å². The smallest absolute Gasteiger partial charge is 0.273 e. The van der Waals surface area contributed by atoms with Crippen molar-refractivity contribution in [1.29, 1.82) is 0 Å². The van der Waals surface area contributed by atoms with Crippen LogP contribution in [0.4, 0.5) is 17.2 Å². The summed E-state index contributed by atoms with van der Waals surface area (Å²) in [5.41, 5.74) is -0.303. The van der Waals surface area contributed by atoms with Crippen LogP contribution in [0, 0.1) is 12.8 Å². The van der Waals surface area contributed by atoms with Crippen molar-refractivity contribution < 1.29 is 27.1 Å². The Bertz CT molecular complexity index is 1340. The number of anilines is 3. The van der Waals surface area contributed by atoms with Gasteiger partial charge in [0, 0.05) is 30.0 Å². The molecule has 2 amide bonds. The zero-order chi connectivity index (χ0) is 27.0. The molecule has 1 aliphatic carbocycles. The molecule has 0 saturated heterocycles. The summed E-state index contributed by atoms with van der Waals surface area (Å²) < 4.78 is 55.0. The lowest BCUT2D eigenvalue weighted by atomic mass is 10.1. The molecule has 4 rings (SSSR count). The third-order valence-corrected chi connectivity index (χ3v) is 4.48. The minimum Gasteiger partial charge on any atom is -0.494 e. The van der Waals surface area contributed by atoms with Crippen LogP contribution in [0.1, 0.15) is 37.4 Å². The van der Waals surface area contributed by atoms with E-state index in [2.05, 4.69) is 31.0 Å². The number of nitrogens with zero attached hydrogens (tertiary/aromatic N) is 4. The fourth-order valence-electron chi connectivity index (χ4n) is 2.82. The Hall–Kier alpha value is -4.02. The van der Waals surface area contributed by atoms with E-state index in [-0.39, 0.29) is 52.0 Å². The largest absolute Gasteiger partial charge is 0.494 e. The lowest BCUT2D eigenvalue weighted by molar-refractivity contribution is -0.117. The SMILES string of the molecule is [2H]C([2H])([2H])NC(=O)c1nnc(NC(=O)C2CC2)cc1Nc1cccc(-c2noc(C)n2)c1OC([2H])([2H])[2H]. The van der Waals surface area contributed by atoms with E-state index in [9.17, 15) is 9.59 Å².